The van der Waals surface area contributed by atoms with E-state index in [9.17, 15) is 9.18 Å². The average Bonchev–Trinajstić information content (AvgIpc) is 3.69. The summed E-state index contributed by atoms with van der Waals surface area (Å²) in [6.07, 6.45) is 3.66. The fourth-order valence-electron chi connectivity index (χ4n) is 4.24. The van der Waals surface area contributed by atoms with E-state index in [-0.39, 0.29) is 23.5 Å². The second kappa shape index (κ2) is 9.43. The number of aromatic nitrogens is 2. The molecule has 4 heterocycles. The molecule has 0 saturated heterocycles. The highest BCUT2D eigenvalue weighted by Gasteiger charge is 2.35. The molecule has 0 N–H and O–H groups in total. The van der Waals surface area contributed by atoms with Gasteiger partial charge in [-0.2, -0.15) is 5.10 Å². The molecule has 0 bridgehead atoms. The molecule has 178 valence electrons. The maximum absolute atomic E-state index is 13.4. The maximum atomic E-state index is 13.4. The second-order valence-corrected chi connectivity index (χ2v) is 9.16. The van der Waals surface area contributed by atoms with Crippen molar-refractivity contribution in [2.75, 3.05) is 5.75 Å². The number of nitrogens with zero attached hydrogens (tertiary/aromatic N) is 4. The first-order chi connectivity index (χ1) is 17.7. The van der Waals surface area contributed by atoms with Crippen LogP contribution in [0.4, 0.5) is 4.39 Å². The lowest BCUT2D eigenvalue weighted by Crippen LogP contribution is -2.28. The Bertz CT molecular complexity index is 1550. The Balaban J connectivity index is 1.27. The number of benzene rings is 2. The van der Waals surface area contributed by atoms with E-state index in [1.54, 1.807) is 36.8 Å². The SMILES string of the molecule is O=C(CSc1nnc(-c2ccc(F)cc2)c2ccccc12)N1N=C(c2ccco2)CC1c1ccco1. The molecule has 9 heteroatoms. The van der Waals surface area contributed by atoms with Gasteiger partial charge in [0.2, 0.25) is 0 Å². The normalized spacial score (nSPS) is 15.4. The van der Waals surface area contributed by atoms with E-state index in [2.05, 4.69) is 15.3 Å². The average molecular weight is 499 g/mol. The Kier molecular flexibility index (Phi) is 5.82. The van der Waals surface area contributed by atoms with Crippen LogP contribution in [0.3, 0.4) is 0 Å². The van der Waals surface area contributed by atoms with Crippen LogP contribution in [0.15, 0.2) is 104 Å². The third-order valence-corrected chi connectivity index (χ3v) is 6.91. The Morgan fingerprint density at radius 2 is 1.72 bits per heavy atom. The summed E-state index contributed by atoms with van der Waals surface area (Å²) >= 11 is 1.30. The highest BCUT2D eigenvalue weighted by Crippen LogP contribution is 2.35. The van der Waals surface area contributed by atoms with Gasteiger partial charge in [-0.05, 0) is 48.5 Å². The summed E-state index contributed by atoms with van der Waals surface area (Å²) in [4.78, 5) is 13.3. The Labute approximate surface area is 209 Å². The minimum atomic E-state index is -0.350. The molecule has 7 nitrogen and oxygen atoms in total. The molecule has 1 unspecified atom stereocenters. The van der Waals surface area contributed by atoms with E-state index in [0.717, 1.165) is 16.3 Å². The lowest BCUT2D eigenvalue weighted by Gasteiger charge is -2.19. The van der Waals surface area contributed by atoms with Crippen molar-refractivity contribution in [1.82, 2.24) is 15.2 Å². The van der Waals surface area contributed by atoms with Crippen molar-refractivity contribution in [3.05, 3.63) is 103 Å². The molecule has 1 atom stereocenters. The van der Waals surface area contributed by atoms with Crippen LogP contribution in [-0.2, 0) is 4.79 Å². The van der Waals surface area contributed by atoms with Crippen LogP contribution in [0.25, 0.3) is 22.0 Å². The van der Waals surface area contributed by atoms with Gasteiger partial charge in [0.05, 0.1) is 18.3 Å². The smallest absolute Gasteiger partial charge is 0.253 e. The van der Waals surface area contributed by atoms with Crippen molar-refractivity contribution in [2.45, 2.75) is 17.5 Å². The maximum Gasteiger partial charge on any atom is 0.253 e. The number of hydrogen-bond acceptors (Lipinski definition) is 7. The first kappa shape index (κ1) is 22.2. The molecule has 1 amide bonds. The molecule has 36 heavy (non-hydrogen) atoms. The summed E-state index contributed by atoms with van der Waals surface area (Å²) in [6.45, 7) is 0. The van der Waals surface area contributed by atoms with Crippen molar-refractivity contribution >= 4 is 34.2 Å². The highest BCUT2D eigenvalue weighted by atomic mass is 32.2. The largest absolute Gasteiger partial charge is 0.467 e. The molecule has 1 aliphatic rings. The van der Waals surface area contributed by atoms with Gasteiger partial charge in [0, 0.05) is 22.8 Å². The van der Waals surface area contributed by atoms with E-state index in [1.807, 2.05) is 36.4 Å². The van der Waals surface area contributed by atoms with E-state index in [4.69, 9.17) is 8.83 Å². The number of rotatable bonds is 6. The van der Waals surface area contributed by atoms with Crippen LogP contribution < -0.4 is 0 Å². The predicted molar refractivity (Wildman–Crippen MR) is 134 cm³/mol. The Morgan fingerprint density at radius 3 is 2.47 bits per heavy atom. The number of hydrogen-bond donors (Lipinski definition) is 0. The van der Waals surface area contributed by atoms with Gasteiger partial charge < -0.3 is 8.83 Å². The Morgan fingerprint density at radius 1 is 0.944 bits per heavy atom. The van der Waals surface area contributed by atoms with Crippen molar-refractivity contribution in [1.29, 1.82) is 0 Å². The molecule has 0 aliphatic carbocycles. The van der Waals surface area contributed by atoms with Crippen LogP contribution >= 0.6 is 11.8 Å². The molecule has 5 aromatic rings. The van der Waals surface area contributed by atoms with Crippen LogP contribution in [0.2, 0.25) is 0 Å². The zero-order valence-corrected chi connectivity index (χ0v) is 19.7. The van der Waals surface area contributed by atoms with Crippen molar-refractivity contribution in [3.63, 3.8) is 0 Å². The summed E-state index contributed by atoms with van der Waals surface area (Å²) in [5, 5.41) is 17.2. The van der Waals surface area contributed by atoms with Crippen LogP contribution in [0, 0.1) is 5.82 Å². The number of thioether (sulfide) groups is 1. The number of amides is 1. The van der Waals surface area contributed by atoms with Gasteiger partial charge in [0.25, 0.3) is 5.91 Å². The van der Waals surface area contributed by atoms with Crippen LogP contribution in [0.5, 0.6) is 0 Å². The van der Waals surface area contributed by atoms with Gasteiger partial charge in [0.1, 0.15) is 39.8 Å². The minimum absolute atomic E-state index is 0.112. The number of fused-ring (bicyclic) bond motifs is 1. The van der Waals surface area contributed by atoms with Crippen molar-refractivity contribution in [2.24, 2.45) is 5.10 Å². The zero-order valence-electron chi connectivity index (χ0n) is 18.9. The molecule has 0 spiro atoms. The van der Waals surface area contributed by atoms with Gasteiger partial charge in [-0.15, -0.1) is 10.2 Å². The number of halogens is 1. The first-order valence-electron chi connectivity index (χ1n) is 11.3. The highest BCUT2D eigenvalue weighted by molar-refractivity contribution is 8.00. The molecular weight excluding hydrogens is 479 g/mol. The third-order valence-electron chi connectivity index (χ3n) is 5.95. The topological polar surface area (TPSA) is 84.7 Å². The molecule has 3 aromatic heterocycles. The minimum Gasteiger partial charge on any atom is -0.467 e. The zero-order chi connectivity index (χ0) is 24.5. The lowest BCUT2D eigenvalue weighted by molar-refractivity contribution is -0.130. The summed E-state index contributed by atoms with van der Waals surface area (Å²) in [7, 11) is 0. The standard InChI is InChI=1S/C27H19FN4O3S/c28-18-11-9-17(10-12-18)26-19-5-1-2-6-20(19)27(30-29-26)36-16-25(33)32-22(24-8-4-14-35-24)15-21(31-32)23-7-3-13-34-23/h1-14,22H,15-16H2. The predicted octanol–water partition coefficient (Wildman–Crippen LogP) is 6.09. The monoisotopic (exact) mass is 498 g/mol. The van der Waals surface area contributed by atoms with E-state index in [1.165, 1.54) is 28.9 Å². The van der Waals surface area contributed by atoms with E-state index >= 15 is 0 Å². The Hall–Kier alpha value is -4.24. The summed E-state index contributed by atoms with van der Waals surface area (Å²) in [6, 6.07) is 20.8. The number of carbonyl (C=O) groups is 1. The molecule has 0 radical (unpaired) electrons. The van der Waals surface area contributed by atoms with Crippen LogP contribution in [-0.4, -0.2) is 32.6 Å². The van der Waals surface area contributed by atoms with Crippen molar-refractivity contribution in [3.8, 4) is 11.3 Å². The van der Waals surface area contributed by atoms with Crippen molar-refractivity contribution < 1.29 is 18.0 Å². The van der Waals surface area contributed by atoms with E-state index < -0.39 is 0 Å². The molecule has 1 aliphatic heterocycles. The molecule has 0 fully saturated rings. The van der Waals surface area contributed by atoms with Gasteiger partial charge in [-0.25, -0.2) is 9.40 Å². The summed E-state index contributed by atoms with van der Waals surface area (Å²) in [5.41, 5.74) is 2.12. The van der Waals surface area contributed by atoms with E-state index in [0.29, 0.717) is 34.4 Å². The first-order valence-corrected chi connectivity index (χ1v) is 12.3. The quantitative estimate of drug-likeness (QED) is 0.263. The van der Waals surface area contributed by atoms with Gasteiger partial charge in [-0.3, -0.25) is 4.79 Å². The fraction of sp³-hybridized carbons (Fsp3) is 0.111. The number of hydrazone groups is 1. The molecule has 0 saturated carbocycles. The molecular formula is C27H19FN4O3S. The van der Waals surface area contributed by atoms with Gasteiger partial charge in [0.15, 0.2) is 0 Å². The lowest BCUT2D eigenvalue weighted by atomic mass is 10.1. The molecule has 6 rings (SSSR count). The third kappa shape index (κ3) is 4.18. The van der Waals surface area contributed by atoms with Crippen LogP contribution in [0.1, 0.15) is 24.0 Å². The fourth-order valence-corrected chi connectivity index (χ4v) is 5.06. The number of carbonyl (C=O) groups excluding carboxylic acids is 1. The second-order valence-electron chi connectivity index (χ2n) is 8.19. The summed E-state index contributed by atoms with van der Waals surface area (Å²) in [5.74, 6) is 0.904. The van der Waals surface area contributed by atoms with Gasteiger partial charge >= 0.3 is 0 Å². The van der Waals surface area contributed by atoms with Gasteiger partial charge in [-0.1, -0.05) is 36.0 Å². The number of furan rings is 2. The summed E-state index contributed by atoms with van der Waals surface area (Å²) < 4.78 is 24.5. The molecule has 2 aromatic carbocycles.